The SMILES string of the molecule is CCNCc1ccc(CS(=O)(=O)NCC(C)(C)CC)cc1. The third kappa shape index (κ3) is 7.07. The Kier molecular flexibility index (Phi) is 6.84. The van der Waals surface area contributed by atoms with E-state index in [1.807, 2.05) is 24.3 Å². The van der Waals surface area contributed by atoms with Gasteiger partial charge in [-0.15, -0.1) is 0 Å². The fourth-order valence-corrected chi connectivity index (χ4v) is 3.07. The van der Waals surface area contributed by atoms with Gasteiger partial charge in [0.05, 0.1) is 5.75 Å². The van der Waals surface area contributed by atoms with Gasteiger partial charge in [-0.05, 0) is 29.5 Å². The Hall–Kier alpha value is -0.910. The van der Waals surface area contributed by atoms with Crippen LogP contribution in [0.25, 0.3) is 0 Å². The van der Waals surface area contributed by atoms with Gasteiger partial charge >= 0.3 is 0 Å². The number of sulfonamides is 1. The van der Waals surface area contributed by atoms with Crippen molar-refractivity contribution in [3.05, 3.63) is 35.4 Å². The molecule has 5 heteroatoms. The molecule has 0 radical (unpaired) electrons. The van der Waals surface area contributed by atoms with Gasteiger partial charge in [-0.3, -0.25) is 0 Å². The van der Waals surface area contributed by atoms with Gasteiger partial charge in [0.15, 0.2) is 0 Å². The van der Waals surface area contributed by atoms with Gasteiger partial charge in [0.25, 0.3) is 0 Å². The minimum Gasteiger partial charge on any atom is -0.313 e. The summed E-state index contributed by atoms with van der Waals surface area (Å²) in [5.41, 5.74) is 1.97. The first-order valence-electron chi connectivity index (χ1n) is 7.54. The molecule has 21 heavy (non-hydrogen) atoms. The predicted molar refractivity (Wildman–Crippen MR) is 88.5 cm³/mol. The van der Waals surface area contributed by atoms with Gasteiger partial charge in [0.2, 0.25) is 10.0 Å². The zero-order chi connectivity index (χ0) is 15.9. The molecule has 0 amide bonds. The van der Waals surface area contributed by atoms with E-state index in [9.17, 15) is 8.42 Å². The molecule has 0 atom stereocenters. The van der Waals surface area contributed by atoms with E-state index in [0.717, 1.165) is 30.6 Å². The van der Waals surface area contributed by atoms with Gasteiger partial charge in [-0.25, -0.2) is 13.1 Å². The van der Waals surface area contributed by atoms with Crippen LogP contribution in [0.5, 0.6) is 0 Å². The van der Waals surface area contributed by atoms with Crippen LogP contribution in [-0.4, -0.2) is 21.5 Å². The average Bonchev–Trinajstić information content (AvgIpc) is 2.44. The monoisotopic (exact) mass is 312 g/mol. The number of rotatable bonds is 9. The van der Waals surface area contributed by atoms with E-state index in [2.05, 4.69) is 37.7 Å². The maximum absolute atomic E-state index is 12.1. The number of hydrogen-bond donors (Lipinski definition) is 2. The minimum absolute atomic E-state index is 0.0112. The Labute approximate surface area is 129 Å². The van der Waals surface area contributed by atoms with Crippen LogP contribution >= 0.6 is 0 Å². The van der Waals surface area contributed by atoms with Crippen molar-refractivity contribution in [2.45, 2.75) is 46.4 Å². The summed E-state index contributed by atoms with van der Waals surface area (Å²) in [7, 11) is -3.27. The van der Waals surface area contributed by atoms with E-state index < -0.39 is 10.0 Å². The van der Waals surface area contributed by atoms with E-state index in [-0.39, 0.29) is 11.2 Å². The molecular weight excluding hydrogens is 284 g/mol. The van der Waals surface area contributed by atoms with Gasteiger partial charge in [0.1, 0.15) is 0 Å². The summed E-state index contributed by atoms with van der Waals surface area (Å²) in [6, 6.07) is 7.72. The summed E-state index contributed by atoms with van der Waals surface area (Å²) < 4.78 is 26.9. The zero-order valence-electron chi connectivity index (χ0n) is 13.6. The van der Waals surface area contributed by atoms with Crippen molar-refractivity contribution in [3.8, 4) is 0 Å². The summed E-state index contributed by atoms with van der Waals surface area (Å²) in [4.78, 5) is 0. The number of benzene rings is 1. The summed E-state index contributed by atoms with van der Waals surface area (Å²) in [6.07, 6.45) is 0.939. The normalized spacial score (nSPS) is 12.6. The molecule has 1 rings (SSSR count). The van der Waals surface area contributed by atoms with Crippen molar-refractivity contribution in [1.82, 2.24) is 10.0 Å². The van der Waals surface area contributed by atoms with Gasteiger partial charge < -0.3 is 5.32 Å². The first kappa shape index (κ1) is 18.1. The highest BCUT2D eigenvalue weighted by atomic mass is 32.2. The number of hydrogen-bond acceptors (Lipinski definition) is 3. The van der Waals surface area contributed by atoms with Crippen molar-refractivity contribution in [2.24, 2.45) is 5.41 Å². The lowest BCUT2D eigenvalue weighted by molar-refractivity contribution is 0.350. The topological polar surface area (TPSA) is 58.2 Å². The molecule has 0 heterocycles. The molecule has 0 saturated carbocycles. The van der Waals surface area contributed by atoms with Crippen LogP contribution in [-0.2, 0) is 22.3 Å². The summed E-state index contributed by atoms with van der Waals surface area (Å²) in [6.45, 7) is 10.5. The molecule has 120 valence electrons. The molecular formula is C16H28N2O2S. The Balaban J connectivity index is 2.59. The molecule has 4 nitrogen and oxygen atoms in total. The van der Waals surface area contributed by atoms with Crippen LogP contribution in [0.2, 0.25) is 0 Å². The third-order valence-corrected chi connectivity index (χ3v) is 4.98. The van der Waals surface area contributed by atoms with Crippen LogP contribution in [0.15, 0.2) is 24.3 Å². The van der Waals surface area contributed by atoms with E-state index in [4.69, 9.17) is 0 Å². The van der Waals surface area contributed by atoms with Crippen molar-refractivity contribution in [1.29, 1.82) is 0 Å². The van der Waals surface area contributed by atoms with E-state index in [0.29, 0.717) is 6.54 Å². The first-order chi connectivity index (χ1) is 9.78. The highest BCUT2D eigenvalue weighted by molar-refractivity contribution is 7.88. The van der Waals surface area contributed by atoms with Crippen LogP contribution < -0.4 is 10.0 Å². The molecule has 0 fully saturated rings. The fraction of sp³-hybridized carbons (Fsp3) is 0.625. The second kappa shape index (κ2) is 7.92. The molecule has 2 N–H and O–H groups in total. The Morgan fingerprint density at radius 2 is 1.62 bits per heavy atom. The first-order valence-corrected chi connectivity index (χ1v) is 9.19. The van der Waals surface area contributed by atoms with Crippen molar-refractivity contribution in [2.75, 3.05) is 13.1 Å². The third-order valence-electron chi connectivity index (χ3n) is 3.69. The molecule has 0 aromatic heterocycles. The van der Waals surface area contributed by atoms with Crippen LogP contribution in [0.3, 0.4) is 0 Å². The van der Waals surface area contributed by atoms with Gasteiger partial charge in [-0.1, -0.05) is 52.0 Å². The lowest BCUT2D eigenvalue weighted by atomic mass is 9.91. The highest BCUT2D eigenvalue weighted by Crippen LogP contribution is 2.18. The maximum atomic E-state index is 12.1. The quantitative estimate of drug-likeness (QED) is 0.737. The number of nitrogens with one attached hydrogen (secondary N) is 2. The van der Waals surface area contributed by atoms with Crippen LogP contribution in [0, 0.1) is 5.41 Å². The van der Waals surface area contributed by atoms with Crippen LogP contribution in [0.1, 0.15) is 45.2 Å². The Bertz CT molecular complexity index is 522. The summed E-state index contributed by atoms with van der Waals surface area (Å²) in [5.74, 6) is 0.0360. The molecule has 0 unspecified atom stereocenters. The lowest BCUT2D eigenvalue weighted by Crippen LogP contribution is -2.34. The molecule has 0 spiro atoms. The molecule has 0 aliphatic rings. The highest BCUT2D eigenvalue weighted by Gasteiger charge is 2.19. The lowest BCUT2D eigenvalue weighted by Gasteiger charge is -2.22. The standard InChI is InChI=1S/C16H28N2O2S/c1-5-16(3,4)13-18-21(19,20)12-15-9-7-14(8-10-15)11-17-6-2/h7-10,17-18H,5-6,11-13H2,1-4H3. The molecule has 0 saturated heterocycles. The van der Waals surface area contributed by atoms with Crippen LogP contribution in [0.4, 0.5) is 0 Å². The Morgan fingerprint density at radius 3 is 2.14 bits per heavy atom. The maximum Gasteiger partial charge on any atom is 0.215 e. The predicted octanol–water partition coefficient (Wildman–Crippen LogP) is 2.65. The van der Waals surface area contributed by atoms with Gasteiger partial charge in [-0.2, -0.15) is 0 Å². The van der Waals surface area contributed by atoms with E-state index in [1.165, 1.54) is 0 Å². The second-order valence-corrected chi connectivity index (χ2v) is 8.00. The van der Waals surface area contributed by atoms with Crippen molar-refractivity contribution in [3.63, 3.8) is 0 Å². The smallest absolute Gasteiger partial charge is 0.215 e. The fourth-order valence-electron chi connectivity index (χ4n) is 1.72. The molecule has 0 aliphatic carbocycles. The van der Waals surface area contributed by atoms with Crippen molar-refractivity contribution >= 4 is 10.0 Å². The minimum atomic E-state index is -3.27. The van der Waals surface area contributed by atoms with Gasteiger partial charge in [0, 0.05) is 13.1 Å². The summed E-state index contributed by atoms with van der Waals surface area (Å²) in [5, 5.41) is 3.25. The largest absolute Gasteiger partial charge is 0.313 e. The summed E-state index contributed by atoms with van der Waals surface area (Å²) >= 11 is 0. The molecule has 1 aromatic rings. The van der Waals surface area contributed by atoms with Crippen molar-refractivity contribution < 1.29 is 8.42 Å². The zero-order valence-corrected chi connectivity index (χ0v) is 14.4. The van der Waals surface area contributed by atoms with E-state index in [1.54, 1.807) is 0 Å². The molecule has 1 aromatic carbocycles. The van der Waals surface area contributed by atoms with E-state index >= 15 is 0 Å². The molecule has 0 bridgehead atoms. The second-order valence-electron chi connectivity index (χ2n) is 6.19. The Morgan fingerprint density at radius 1 is 1.05 bits per heavy atom. The molecule has 0 aliphatic heterocycles. The average molecular weight is 312 g/mol.